The molecule has 2 aromatic rings. The van der Waals surface area contributed by atoms with Gasteiger partial charge < -0.3 is 0 Å². The van der Waals surface area contributed by atoms with Crippen molar-refractivity contribution in [2.75, 3.05) is 0 Å². The van der Waals surface area contributed by atoms with Gasteiger partial charge in [-0.05, 0) is 37.6 Å². The summed E-state index contributed by atoms with van der Waals surface area (Å²) in [5.74, 6) is -0.496. The second-order valence-corrected chi connectivity index (χ2v) is 5.82. The number of nitrogens with zero attached hydrogens (tertiary/aromatic N) is 2. The molecule has 7 heteroatoms. The summed E-state index contributed by atoms with van der Waals surface area (Å²) in [6, 6.07) is 11.8. The van der Waals surface area contributed by atoms with Crippen LogP contribution < -0.4 is 5.43 Å². The van der Waals surface area contributed by atoms with Gasteiger partial charge in [0.2, 0.25) is 0 Å². The number of amides is 1. The fourth-order valence-electron chi connectivity index (χ4n) is 1.90. The number of hydrogen-bond donors (Lipinski definition) is 1. The molecule has 0 aliphatic heterocycles. The molecular formula is C16H14BrN3O3. The van der Waals surface area contributed by atoms with E-state index in [1.807, 2.05) is 24.3 Å². The summed E-state index contributed by atoms with van der Waals surface area (Å²) in [7, 11) is 0. The Kier molecular flexibility index (Phi) is 5.23. The van der Waals surface area contributed by atoms with Gasteiger partial charge in [-0.1, -0.05) is 34.1 Å². The molecule has 0 spiro atoms. The Labute approximate surface area is 141 Å². The van der Waals surface area contributed by atoms with Gasteiger partial charge in [0.15, 0.2) is 0 Å². The maximum absolute atomic E-state index is 12.1. The molecule has 0 saturated heterocycles. The van der Waals surface area contributed by atoms with Crippen molar-refractivity contribution in [3.8, 4) is 0 Å². The van der Waals surface area contributed by atoms with Gasteiger partial charge in [0, 0.05) is 21.7 Å². The monoisotopic (exact) mass is 375 g/mol. The number of hydrazone groups is 1. The Bertz CT molecular complexity index is 786. The van der Waals surface area contributed by atoms with Crippen LogP contribution >= 0.6 is 15.9 Å². The second-order valence-electron chi connectivity index (χ2n) is 4.90. The van der Waals surface area contributed by atoms with E-state index in [-0.39, 0.29) is 11.3 Å². The highest BCUT2D eigenvalue weighted by atomic mass is 79.9. The van der Waals surface area contributed by atoms with Crippen LogP contribution in [0.4, 0.5) is 5.69 Å². The predicted octanol–water partition coefficient (Wildman–Crippen LogP) is 3.82. The molecule has 0 fully saturated rings. The van der Waals surface area contributed by atoms with Crippen LogP contribution in [-0.4, -0.2) is 16.5 Å². The van der Waals surface area contributed by atoms with Crippen molar-refractivity contribution < 1.29 is 9.72 Å². The molecule has 0 aromatic heterocycles. The van der Waals surface area contributed by atoms with E-state index in [1.165, 1.54) is 12.1 Å². The minimum Gasteiger partial charge on any atom is -0.267 e. The standard InChI is InChI=1S/C16H14BrN3O3/c1-10-3-4-13(9-15(10)20(22)23)16(21)19-18-11(2)12-5-7-14(17)8-6-12/h3-9H,1-2H3,(H,19,21). The van der Waals surface area contributed by atoms with Crippen LogP contribution in [0, 0.1) is 17.0 Å². The van der Waals surface area contributed by atoms with Gasteiger partial charge in [-0.15, -0.1) is 0 Å². The number of carbonyl (C=O) groups is 1. The Morgan fingerprint density at radius 1 is 1.17 bits per heavy atom. The van der Waals surface area contributed by atoms with Crippen LogP contribution in [0.5, 0.6) is 0 Å². The van der Waals surface area contributed by atoms with Crippen LogP contribution in [0.1, 0.15) is 28.4 Å². The number of aryl methyl sites for hydroxylation is 1. The molecule has 2 rings (SSSR count). The minimum atomic E-state index is -0.511. The van der Waals surface area contributed by atoms with E-state index >= 15 is 0 Å². The van der Waals surface area contributed by atoms with Crippen molar-refractivity contribution in [1.29, 1.82) is 0 Å². The summed E-state index contributed by atoms with van der Waals surface area (Å²) in [6.45, 7) is 3.39. The van der Waals surface area contributed by atoms with Crippen LogP contribution in [0.3, 0.4) is 0 Å². The lowest BCUT2D eigenvalue weighted by molar-refractivity contribution is -0.385. The molecule has 1 amide bonds. The van der Waals surface area contributed by atoms with Crippen molar-refractivity contribution in [2.45, 2.75) is 13.8 Å². The van der Waals surface area contributed by atoms with Crippen molar-refractivity contribution in [2.24, 2.45) is 5.10 Å². The fourth-order valence-corrected chi connectivity index (χ4v) is 2.17. The van der Waals surface area contributed by atoms with E-state index in [0.717, 1.165) is 10.0 Å². The van der Waals surface area contributed by atoms with Gasteiger partial charge in [0.25, 0.3) is 11.6 Å². The lowest BCUT2D eigenvalue weighted by Gasteiger charge is -2.04. The maximum atomic E-state index is 12.1. The summed E-state index contributed by atoms with van der Waals surface area (Å²) in [6.07, 6.45) is 0. The number of nitro benzene ring substituents is 1. The van der Waals surface area contributed by atoms with E-state index in [4.69, 9.17) is 0 Å². The number of halogens is 1. The molecule has 0 aliphatic rings. The Balaban J connectivity index is 2.16. The van der Waals surface area contributed by atoms with Crippen LogP contribution in [0.2, 0.25) is 0 Å². The third kappa shape index (κ3) is 4.23. The normalized spacial score (nSPS) is 11.2. The zero-order valence-electron chi connectivity index (χ0n) is 12.5. The molecule has 0 atom stereocenters. The third-order valence-corrected chi connectivity index (χ3v) is 3.78. The van der Waals surface area contributed by atoms with E-state index in [2.05, 4.69) is 26.5 Å². The average molecular weight is 376 g/mol. The average Bonchev–Trinajstić information content (AvgIpc) is 2.53. The number of hydrogen-bond acceptors (Lipinski definition) is 4. The Hall–Kier alpha value is -2.54. The molecule has 0 radical (unpaired) electrons. The topological polar surface area (TPSA) is 84.6 Å². The quantitative estimate of drug-likeness (QED) is 0.500. The first-order valence-corrected chi connectivity index (χ1v) is 7.53. The molecule has 0 bridgehead atoms. The van der Waals surface area contributed by atoms with Gasteiger partial charge in [-0.3, -0.25) is 14.9 Å². The molecule has 0 unspecified atom stereocenters. The van der Waals surface area contributed by atoms with Crippen LogP contribution in [-0.2, 0) is 0 Å². The molecule has 2 aromatic carbocycles. The number of rotatable bonds is 4. The van der Waals surface area contributed by atoms with Gasteiger partial charge in [0.05, 0.1) is 10.6 Å². The van der Waals surface area contributed by atoms with Gasteiger partial charge in [0.1, 0.15) is 0 Å². The van der Waals surface area contributed by atoms with E-state index in [9.17, 15) is 14.9 Å². The summed E-state index contributed by atoms with van der Waals surface area (Å²) in [5.41, 5.74) is 4.51. The van der Waals surface area contributed by atoms with Gasteiger partial charge in [-0.25, -0.2) is 5.43 Å². The third-order valence-electron chi connectivity index (χ3n) is 3.26. The second kappa shape index (κ2) is 7.15. The van der Waals surface area contributed by atoms with Crippen molar-refractivity contribution in [3.05, 3.63) is 73.7 Å². The first-order chi connectivity index (χ1) is 10.9. The highest BCUT2D eigenvalue weighted by Crippen LogP contribution is 2.19. The summed E-state index contributed by atoms with van der Waals surface area (Å²) in [4.78, 5) is 22.5. The molecule has 0 saturated carbocycles. The summed E-state index contributed by atoms with van der Waals surface area (Å²) >= 11 is 3.35. The van der Waals surface area contributed by atoms with Gasteiger partial charge >= 0.3 is 0 Å². The molecule has 23 heavy (non-hydrogen) atoms. The maximum Gasteiger partial charge on any atom is 0.273 e. The lowest BCUT2D eigenvalue weighted by atomic mass is 10.1. The zero-order chi connectivity index (χ0) is 17.0. The van der Waals surface area contributed by atoms with Crippen molar-refractivity contribution in [1.82, 2.24) is 5.43 Å². The SMILES string of the molecule is CC(=NNC(=O)c1ccc(C)c([N+](=O)[O-])c1)c1ccc(Br)cc1. The summed E-state index contributed by atoms with van der Waals surface area (Å²) < 4.78 is 0.949. The molecule has 118 valence electrons. The van der Waals surface area contributed by atoms with E-state index < -0.39 is 10.8 Å². The zero-order valence-corrected chi connectivity index (χ0v) is 14.1. The summed E-state index contributed by atoms with van der Waals surface area (Å²) in [5, 5.41) is 14.9. The fraction of sp³-hybridized carbons (Fsp3) is 0.125. The molecule has 0 aliphatic carbocycles. The minimum absolute atomic E-state index is 0.0914. The Morgan fingerprint density at radius 3 is 2.39 bits per heavy atom. The largest absolute Gasteiger partial charge is 0.273 e. The first-order valence-electron chi connectivity index (χ1n) is 6.74. The first kappa shape index (κ1) is 16.8. The van der Waals surface area contributed by atoms with Crippen LogP contribution in [0.25, 0.3) is 0 Å². The number of benzene rings is 2. The smallest absolute Gasteiger partial charge is 0.267 e. The molecular weight excluding hydrogens is 362 g/mol. The number of nitrogens with one attached hydrogen (secondary N) is 1. The van der Waals surface area contributed by atoms with Crippen molar-refractivity contribution in [3.63, 3.8) is 0 Å². The molecule has 0 heterocycles. The predicted molar refractivity (Wildman–Crippen MR) is 91.7 cm³/mol. The van der Waals surface area contributed by atoms with Crippen LogP contribution in [0.15, 0.2) is 52.0 Å². The molecule has 1 N–H and O–H groups in total. The highest BCUT2D eigenvalue weighted by Gasteiger charge is 2.14. The van der Waals surface area contributed by atoms with Crippen molar-refractivity contribution >= 4 is 33.2 Å². The number of nitro groups is 1. The number of carbonyl (C=O) groups excluding carboxylic acids is 1. The Morgan fingerprint density at radius 2 is 1.78 bits per heavy atom. The molecule has 6 nitrogen and oxygen atoms in total. The van der Waals surface area contributed by atoms with E-state index in [0.29, 0.717) is 11.3 Å². The highest BCUT2D eigenvalue weighted by molar-refractivity contribution is 9.10. The van der Waals surface area contributed by atoms with E-state index in [1.54, 1.807) is 19.9 Å². The van der Waals surface area contributed by atoms with Gasteiger partial charge in [-0.2, -0.15) is 5.10 Å². The lowest BCUT2D eigenvalue weighted by Crippen LogP contribution is -2.19.